The van der Waals surface area contributed by atoms with Crippen LogP contribution in [0.3, 0.4) is 0 Å². The summed E-state index contributed by atoms with van der Waals surface area (Å²) in [6, 6.07) is 8.05. The Morgan fingerprint density at radius 3 is 2.40 bits per heavy atom. The molecule has 0 fully saturated rings. The van der Waals surface area contributed by atoms with Crippen LogP contribution in [0.2, 0.25) is 0 Å². The van der Waals surface area contributed by atoms with E-state index in [0.29, 0.717) is 17.3 Å². The minimum absolute atomic E-state index is 0.173. The number of hydrogen-bond donors (Lipinski definition) is 3. The second-order valence-electron chi connectivity index (χ2n) is 5.41. The fourth-order valence-corrected chi connectivity index (χ4v) is 2.78. The van der Waals surface area contributed by atoms with Crippen molar-refractivity contribution in [3.8, 4) is 0 Å². The lowest BCUT2D eigenvalue weighted by atomic mass is 10.1. The van der Waals surface area contributed by atoms with Gasteiger partial charge in [0.1, 0.15) is 11.6 Å². The summed E-state index contributed by atoms with van der Waals surface area (Å²) in [6.07, 6.45) is 1.02. The highest BCUT2D eigenvalue weighted by Crippen LogP contribution is 2.23. The first-order valence-corrected chi connectivity index (χ1v) is 9.14. The van der Waals surface area contributed by atoms with E-state index in [9.17, 15) is 22.0 Å². The molecule has 0 saturated heterocycles. The maximum Gasteiger partial charge on any atom is 0.319 e. The molecular formula is C16H17F2N3O3S. The Labute approximate surface area is 144 Å². The molecule has 0 aromatic heterocycles. The average Bonchev–Trinajstić information content (AvgIpc) is 2.49. The van der Waals surface area contributed by atoms with E-state index in [2.05, 4.69) is 15.4 Å². The third-order valence-electron chi connectivity index (χ3n) is 3.25. The number of urea groups is 1. The Morgan fingerprint density at radius 2 is 1.76 bits per heavy atom. The molecule has 0 heterocycles. The number of nitrogens with one attached hydrogen (secondary N) is 3. The van der Waals surface area contributed by atoms with E-state index < -0.39 is 33.7 Å². The van der Waals surface area contributed by atoms with Gasteiger partial charge >= 0.3 is 6.03 Å². The van der Waals surface area contributed by atoms with Crippen LogP contribution in [0.1, 0.15) is 18.5 Å². The van der Waals surface area contributed by atoms with E-state index >= 15 is 0 Å². The number of anilines is 2. The lowest BCUT2D eigenvalue weighted by molar-refractivity contribution is 0.249. The second-order valence-corrected chi connectivity index (χ2v) is 7.15. The molecule has 0 bridgehead atoms. The molecule has 2 aromatic carbocycles. The Bertz CT molecular complexity index is 888. The van der Waals surface area contributed by atoms with Crippen LogP contribution in [0.15, 0.2) is 42.5 Å². The van der Waals surface area contributed by atoms with E-state index in [1.165, 1.54) is 0 Å². The summed E-state index contributed by atoms with van der Waals surface area (Å²) in [7, 11) is -3.48. The Kier molecular flexibility index (Phi) is 5.58. The summed E-state index contributed by atoms with van der Waals surface area (Å²) in [6.45, 7) is 1.64. The maximum atomic E-state index is 13.6. The van der Waals surface area contributed by atoms with E-state index in [1.807, 2.05) is 0 Å². The summed E-state index contributed by atoms with van der Waals surface area (Å²) in [4.78, 5) is 12.0. The maximum absolute atomic E-state index is 13.6. The molecule has 2 amide bonds. The number of sulfonamides is 1. The third-order valence-corrected chi connectivity index (χ3v) is 3.84. The summed E-state index contributed by atoms with van der Waals surface area (Å²) >= 11 is 0. The molecule has 2 aromatic rings. The highest BCUT2D eigenvalue weighted by atomic mass is 32.2. The van der Waals surface area contributed by atoms with Crippen molar-refractivity contribution in [1.82, 2.24) is 5.32 Å². The Morgan fingerprint density at radius 1 is 1.08 bits per heavy atom. The van der Waals surface area contributed by atoms with Gasteiger partial charge in [0.2, 0.25) is 10.0 Å². The number of carbonyl (C=O) groups excluding carboxylic acids is 1. The van der Waals surface area contributed by atoms with Crippen LogP contribution >= 0.6 is 0 Å². The summed E-state index contributed by atoms with van der Waals surface area (Å²) in [5, 5.41) is 4.84. The smallest absolute Gasteiger partial charge is 0.319 e. The number of hydrogen-bond acceptors (Lipinski definition) is 3. The summed E-state index contributed by atoms with van der Waals surface area (Å²) in [5.74, 6) is -1.65. The minimum atomic E-state index is -3.48. The zero-order chi connectivity index (χ0) is 18.6. The van der Waals surface area contributed by atoms with Gasteiger partial charge in [0.05, 0.1) is 23.7 Å². The Hall–Kier alpha value is -2.68. The van der Waals surface area contributed by atoms with Crippen LogP contribution < -0.4 is 15.4 Å². The largest absolute Gasteiger partial charge is 0.331 e. The van der Waals surface area contributed by atoms with Crippen molar-refractivity contribution in [2.45, 2.75) is 13.0 Å². The van der Waals surface area contributed by atoms with Gasteiger partial charge in [-0.1, -0.05) is 18.2 Å². The molecule has 9 heteroatoms. The zero-order valence-electron chi connectivity index (χ0n) is 13.5. The van der Waals surface area contributed by atoms with Crippen LogP contribution in [-0.2, 0) is 10.0 Å². The number of carbonyl (C=O) groups is 1. The first-order chi connectivity index (χ1) is 11.7. The van der Waals surface area contributed by atoms with E-state index in [-0.39, 0.29) is 5.69 Å². The highest BCUT2D eigenvalue weighted by molar-refractivity contribution is 7.92. The van der Waals surface area contributed by atoms with Crippen molar-refractivity contribution in [3.63, 3.8) is 0 Å². The first kappa shape index (κ1) is 18.7. The van der Waals surface area contributed by atoms with Crippen molar-refractivity contribution in [3.05, 3.63) is 59.7 Å². The fraction of sp³-hybridized carbons (Fsp3) is 0.188. The SMILES string of the molecule is CC(NC(=O)Nc1ccc(F)cc1F)c1ccccc1NS(C)(=O)=O. The summed E-state index contributed by atoms with van der Waals surface area (Å²) < 4.78 is 51.6. The van der Waals surface area contributed by atoms with Crippen LogP contribution in [0, 0.1) is 11.6 Å². The number of amides is 2. The lowest BCUT2D eigenvalue weighted by Crippen LogP contribution is -2.32. The topological polar surface area (TPSA) is 87.3 Å². The molecule has 0 aliphatic heterocycles. The standard InChI is InChI=1S/C16H17F2N3O3S/c1-10(12-5-3-4-6-14(12)21-25(2,23)24)19-16(22)20-15-8-7-11(17)9-13(15)18/h3-10,21H,1-2H3,(H2,19,20,22). The van der Waals surface area contributed by atoms with Crippen molar-refractivity contribution >= 4 is 27.4 Å². The lowest BCUT2D eigenvalue weighted by Gasteiger charge is -2.19. The van der Waals surface area contributed by atoms with E-state index in [1.54, 1.807) is 31.2 Å². The van der Waals surface area contributed by atoms with Gasteiger partial charge in [-0.05, 0) is 30.7 Å². The predicted molar refractivity (Wildman–Crippen MR) is 91.8 cm³/mol. The molecule has 134 valence electrons. The monoisotopic (exact) mass is 369 g/mol. The van der Waals surface area contributed by atoms with Crippen molar-refractivity contribution in [1.29, 1.82) is 0 Å². The van der Waals surface area contributed by atoms with Crippen LogP contribution in [0.5, 0.6) is 0 Å². The quantitative estimate of drug-likeness (QED) is 0.756. The van der Waals surface area contributed by atoms with Crippen LogP contribution in [0.25, 0.3) is 0 Å². The molecule has 0 saturated carbocycles. The molecule has 0 aliphatic carbocycles. The van der Waals surface area contributed by atoms with Gasteiger partial charge in [-0.15, -0.1) is 0 Å². The number of halogens is 2. The number of para-hydroxylation sites is 1. The van der Waals surface area contributed by atoms with Crippen molar-refractivity contribution in [2.24, 2.45) is 0 Å². The van der Waals surface area contributed by atoms with Gasteiger partial charge in [0, 0.05) is 6.07 Å². The summed E-state index contributed by atoms with van der Waals surface area (Å²) in [5.41, 5.74) is 0.682. The normalized spacial score (nSPS) is 12.3. The molecule has 1 unspecified atom stereocenters. The van der Waals surface area contributed by atoms with Crippen molar-refractivity contribution < 1.29 is 22.0 Å². The minimum Gasteiger partial charge on any atom is -0.331 e. The molecule has 0 radical (unpaired) electrons. The third kappa shape index (κ3) is 5.42. The van der Waals surface area contributed by atoms with E-state index in [0.717, 1.165) is 18.4 Å². The van der Waals surface area contributed by atoms with Crippen molar-refractivity contribution in [2.75, 3.05) is 16.3 Å². The molecule has 2 rings (SSSR count). The molecule has 25 heavy (non-hydrogen) atoms. The molecule has 0 aliphatic rings. The van der Waals surface area contributed by atoms with Crippen LogP contribution in [-0.4, -0.2) is 20.7 Å². The van der Waals surface area contributed by atoms with Gasteiger partial charge in [-0.2, -0.15) is 0 Å². The predicted octanol–water partition coefficient (Wildman–Crippen LogP) is 3.22. The van der Waals surface area contributed by atoms with E-state index in [4.69, 9.17) is 0 Å². The second kappa shape index (κ2) is 7.47. The number of benzene rings is 2. The van der Waals surface area contributed by atoms with Gasteiger partial charge < -0.3 is 10.6 Å². The molecular weight excluding hydrogens is 352 g/mol. The van der Waals surface area contributed by atoms with Gasteiger partial charge in [-0.3, -0.25) is 4.72 Å². The molecule has 6 nitrogen and oxygen atoms in total. The van der Waals surface area contributed by atoms with Gasteiger partial charge in [0.25, 0.3) is 0 Å². The molecule has 0 spiro atoms. The van der Waals surface area contributed by atoms with Gasteiger partial charge in [0.15, 0.2) is 0 Å². The average molecular weight is 369 g/mol. The molecule has 1 atom stereocenters. The highest BCUT2D eigenvalue weighted by Gasteiger charge is 2.16. The van der Waals surface area contributed by atoms with Gasteiger partial charge in [-0.25, -0.2) is 22.0 Å². The number of rotatable bonds is 5. The molecule has 3 N–H and O–H groups in total. The van der Waals surface area contributed by atoms with Crippen LogP contribution in [0.4, 0.5) is 25.0 Å². The fourth-order valence-electron chi connectivity index (χ4n) is 2.19. The zero-order valence-corrected chi connectivity index (χ0v) is 14.3. The first-order valence-electron chi connectivity index (χ1n) is 7.25. The Balaban J connectivity index is 2.11.